The molecule has 0 aromatic heterocycles. The van der Waals surface area contributed by atoms with Crippen LogP contribution in [0.4, 0.5) is 13.2 Å². The first-order valence-electron chi connectivity index (χ1n) is 4.52. The fourth-order valence-corrected chi connectivity index (χ4v) is 1.42. The number of benzene rings is 1. The van der Waals surface area contributed by atoms with Crippen LogP contribution in [0.1, 0.15) is 27.0 Å². The van der Waals surface area contributed by atoms with E-state index in [9.17, 15) is 18.0 Å². The summed E-state index contributed by atoms with van der Waals surface area (Å²) < 4.78 is 42.2. The first-order chi connectivity index (χ1) is 7.82. The summed E-state index contributed by atoms with van der Waals surface area (Å²) in [6, 6.07) is 3.32. The lowest BCUT2D eigenvalue weighted by molar-refractivity contribution is -0.137. The monoisotopic (exact) mass is 243 g/mol. The second-order valence-electron chi connectivity index (χ2n) is 3.28. The molecule has 90 valence electrons. The van der Waals surface area contributed by atoms with E-state index in [0.717, 1.165) is 19.2 Å². The second kappa shape index (κ2) is 4.45. The van der Waals surface area contributed by atoms with Gasteiger partial charge in [0.1, 0.15) is 6.07 Å². The van der Waals surface area contributed by atoms with E-state index in [1.165, 1.54) is 13.0 Å². The number of nitrogens with zero attached hydrogens (tertiary/aromatic N) is 1. The van der Waals surface area contributed by atoms with Crippen LogP contribution in [0, 0.1) is 18.3 Å². The highest BCUT2D eigenvalue weighted by Gasteiger charge is 2.36. The Morgan fingerprint density at radius 2 is 2.00 bits per heavy atom. The maximum atomic E-state index is 12.6. The Balaban J connectivity index is 3.61. The van der Waals surface area contributed by atoms with Gasteiger partial charge >= 0.3 is 12.1 Å². The van der Waals surface area contributed by atoms with Crippen molar-refractivity contribution in [2.24, 2.45) is 0 Å². The quantitative estimate of drug-likeness (QED) is 0.712. The summed E-state index contributed by atoms with van der Waals surface area (Å²) in [6.07, 6.45) is -4.68. The number of halogens is 3. The molecule has 1 aromatic carbocycles. The maximum absolute atomic E-state index is 12.6. The molecule has 0 unspecified atom stereocenters. The number of hydrogen-bond donors (Lipinski definition) is 0. The zero-order valence-electron chi connectivity index (χ0n) is 9.05. The minimum absolute atomic E-state index is 0.265. The van der Waals surface area contributed by atoms with Gasteiger partial charge < -0.3 is 4.74 Å². The Hall–Kier alpha value is -2.03. The molecular formula is C11H8F3NO2. The summed E-state index contributed by atoms with van der Waals surface area (Å²) in [7, 11) is 1.04. The number of aryl methyl sites for hydroxylation is 1. The first kappa shape index (κ1) is 13.0. The third kappa shape index (κ3) is 2.38. The molecule has 0 fully saturated rings. The molecule has 0 aliphatic carbocycles. The highest BCUT2D eigenvalue weighted by atomic mass is 19.4. The fraction of sp³-hybridized carbons (Fsp3) is 0.273. The van der Waals surface area contributed by atoms with E-state index >= 15 is 0 Å². The van der Waals surface area contributed by atoms with Gasteiger partial charge in [0.25, 0.3) is 0 Å². The average Bonchev–Trinajstić information content (AvgIpc) is 2.25. The van der Waals surface area contributed by atoms with E-state index in [4.69, 9.17) is 5.26 Å². The summed E-state index contributed by atoms with van der Waals surface area (Å²) in [6.45, 7) is 1.44. The van der Waals surface area contributed by atoms with Crippen LogP contribution in [0.25, 0.3) is 0 Å². The molecule has 1 rings (SSSR count). The Labute approximate surface area is 95.4 Å². The number of hydrogen-bond acceptors (Lipinski definition) is 3. The van der Waals surface area contributed by atoms with Crippen molar-refractivity contribution in [2.75, 3.05) is 7.11 Å². The fourth-order valence-electron chi connectivity index (χ4n) is 1.42. The highest BCUT2D eigenvalue weighted by Crippen LogP contribution is 2.34. The van der Waals surface area contributed by atoms with Crippen molar-refractivity contribution in [1.29, 1.82) is 5.26 Å². The maximum Gasteiger partial charge on any atom is 0.417 e. The molecule has 0 aliphatic rings. The molecule has 17 heavy (non-hydrogen) atoms. The van der Waals surface area contributed by atoms with Crippen molar-refractivity contribution < 1.29 is 22.7 Å². The van der Waals surface area contributed by atoms with Crippen molar-refractivity contribution >= 4 is 5.97 Å². The smallest absolute Gasteiger partial charge is 0.417 e. The van der Waals surface area contributed by atoms with E-state index in [0.29, 0.717) is 0 Å². The molecule has 0 amide bonds. The van der Waals surface area contributed by atoms with Gasteiger partial charge in [0.05, 0.1) is 23.8 Å². The van der Waals surface area contributed by atoms with Crippen LogP contribution in [-0.4, -0.2) is 13.1 Å². The number of rotatable bonds is 1. The van der Waals surface area contributed by atoms with Gasteiger partial charge in [-0.3, -0.25) is 0 Å². The van der Waals surface area contributed by atoms with E-state index < -0.39 is 23.3 Å². The van der Waals surface area contributed by atoms with Crippen LogP contribution >= 0.6 is 0 Å². The largest absolute Gasteiger partial charge is 0.465 e. The first-order valence-corrected chi connectivity index (χ1v) is 4.52. The molecule has 0 bridgehead atoms. The third-order valence-corrected chi connectivity index (χ3v) is 2.22. The number of carbonyl (C=O) groups excluding carboxylic acids is 1. The number of alkyl halides is 3. The van der Waals surface area contributed by atoms with Crippen molar-refractivity contribution in [3.8, 4) is 6.07 Å². The molecule has 3 nitrogen and oxygen atoms in total. The summed E-state index contributed by atoms with van der Waals surface area (Å²) in [4.78, 5) is 11.4. The lowest BCUT2D eigenvalue weighted by Crippen LogP contribution is -2.14. The molecule has 0 N–H and O–H groups in total. The van der Waals surface area contributed by atoms with Crippen LogP contribution in [0.5, 0.6) is 0 Å². The second-order valence-corrected chi connectivity index (χ2v) is 3.28. The van der Waals surface area contributed by atoms with Crippen molar-refractivity contribution in [1.82, 2.24) is 0 Å². The zero-order chi connectivity index (χ0) is 13.2. The standard InChI is InChI=1S/C11H8F3NO2/c1-6-3-4-8(11(12,13)14)7(5-15)9(6)10(16)17-2/h3-4H,1-2H3. The molecule has 6 heteroatoms. The third-order valence-electron chi connectivity index (χ3n) is 2.22. The van der Waals surface area contributed by atoms with Crippen molar-refractivity contribution in [3.63, 3.8) is 0 Å². The average molecular weight is 243 g/mol. The van der Waals surface area contributed by atoms with E-state index in [-0.39, 0.29) is 11.1 Å². The summed E-state index contributed by atoms with van der Waals surface area (Å²) in [5.41, 5.74) is -1.92. The van der Waals surface area contributed by atoms with E-state index in [1.54, 1.807) is 0 Å². The van der Waals surface area contributed by atoms with Gasteiger partial charge in [-0.05, 0) is 18.6 Å². The molecule has 0 spiro atoms. The summed E-state index contributed by atoms with van der Waals surface area (Å²) in [5.74, 6) is -0.954. The Bertz CT molecular complexity index is 501. The van der Waals surface area contributed by atoms with Crippen LogP contribution in [0.3, 0.4) is 0 Å². The number of methoxy groups -OCH3 is 1. The Morgan fingerprint density at radius 3 is 2.41 bits per heavy atom. The molecule has 0 heterocycles. The van der Waals surface area contributed by atoms with Gasteiger partial charge in [-0.25, -0.2) is 4.79 Å². The molecular weight excluding hydrogens is 235 g/mol. The lowest BCUT2D eigenvalue weighted by Gasteiger charge is -2.13. The van der Waals surface area contributed by atoms with E-state index in [1.807, 2.05) is 0 Å². The van der Waals surface area contributed by atoms with E-state index in [2.05, 4.69) is 4.74 Å². The number of carbonyl (C=O) groups is 1. The predicted octanol–water partition coefficient (Wildman–Crippen LogP) is 2.67. The van der Waals surface area contributed by atoms with Crippen LogP contribution in [0.2, 0.25) is 0 Å². The Morgan fingerprint density at radius 1 is 1.41 bits per heavy atom. The number of nitriles is 1. The SMILES string of the molecule is COC(=O)c1c(C)ccc(C(F)(F)F)c1C#N. The summed E-state index contributed by atoms with van der Waals surface area (Å²) >= 11 is 0. The van der Waals surface area contributed by atoms with Crippen LogP contribution < -0.4 is 0 Å². The van der Waals surface area contributed by atoms with Gasteiger partial charge in [0.2, 0.25) is 0 Å². The van der Waals surface area contributed by atoms with Gasteiger partial charge in [0.15, 0.2) is 0 Å². The molecule has 1 aromatic rings. The molecule has 0 atom stereocenters. The van der Waals surface area contributed by atoms with Crippen LogP contribution in [0.15, 0.2) is 12.1 Å². The molecule has 0 saturated heterocycles. The predicted molar refractivity (Wildman–Crippen MR) is 52.2 cm³/mol. The highest BCUT2D eigenvalue weighted by molar-refractivity contribution is 5.94. The Kier molecular flexibility index (Phi) is 3.42. The summed E-state index contributed by atoms with van der Waals surface area (Å²) in [5, 5.41) is 8.77. The number of esters is 1. The van der Waals surface area contributed by atoms with Gasteiger partial charge in [-0.1, -0.05) is 6.07 Å². The zero-order valence-corrected chi connectivity index (χ0v) is 9.05. The molecule has 0 aliphatic heterocycles. The number of ether oxygens (including phenoxy) is 1. The normalized spacial score (nSPS) is 10.8. The minimum Gasteiger partial charge on any atom is -0.465 e. The lowest BCUT2D eigenvalue weighted by atomic mass is 9.97. The van der Waals surface area contributed by atoms with Crippen molar-refractivity contribution in [2.45, 2.75) is 13.1 Å². The molecule has 0 saturated carbocycles. The van der Waals surface area contributed by atoms with Gasteiger partial charge in [0, 0.05) is 0 Å². The van der Waals surface area contributed by atoms with Crippen molar-refractivity contribution in [3.05, 3.63) is 34.4 Å². The minimum atomic E-state index is -4.68. The van der Waals surface area contributed by atoms with Gasteiger partial charge in [-0.2, -0.15) is 18.4 Å². The topological polar surface area (TPSA) is 50.1 Å². The van der Waals surface area contributed by atoms with Gasteiger partial charge in [-0.15, -0.1) is 0 Å². The molecule has 0 radical (unpaired) electrons. The van der Waals surface area contributed by atoms with Crippen LogP contribution in [-0.2, 0) is 10.9 Å².